The molecule has 10 heteroatoms. The van der Waals surface area contributed by atoms with Crippen molar-refractivity contribution in [2.24, 2.45) is 5.92 Å². The molecule has 9 nitrogen and oxygen atoms in total. The van der Waals surface area contributed by atoms with Gasteiger partial charge in [0.05, 0.1) is 33.7 Å². The zero-order valence-electron chi connectivity index (χ0n) is 16.4. The predicted molar refractivity (Wildman–Crippen MR) is 95.1 cm³/mol. The highest BCUT2D eigenvalue weighted by molar-refractivity contribution is 7.47. The number of carbonyl (C=O) groups is 2. The largest absolute Gasteiger partial charge is 0.545 e. The highest BCUT2D eigenvalue weighted by Crippen LogP contribution is 2.43. The first-order valence-corrected chi connectivity index (χ1v) is 9.79. The van der Waals surface area contributed by atoms with Crippen molar-refractivity contribution in [3.05, 3.63) is 11.6 Å². The van der Waals surface area contributed by atoms with E-state index in [1.54, 1.807) is 13.8 Å². The van der Waals surface area contributed by atoms with Crippen LogP contribution in [0.4, 0.5) is 0 Å². The van der Waals surface area contributed by atoms with E-state index in [9.17, 15) is 24.2 Å². The normalized spacial score (nSPS) is 14.4. The van der Waals surface area contributed by atoms with Crippen LogP contribution in [-0.4, -0.2) is 67.3 Å². The second-order valence-electron chi connectivity index (χ2n) is 6.88. The minimum Gasteiger partial charge on any atom is -0.545 e. The van der Waals surface area contributed by atoms with Crippen LogP contribution in [0.3, 0.4) is 0 Å². The van der Waals surface area contributed by atoms with E-state index >= 15 is 0 Å². The second-order valence-corrected chi connectivity index (χ2v) is 8.33. The van der Waals surface area contributed by atoms with Crippen LogP contribution in [0.2, 0.25) is 0 Å². The Kier molecular flexibility index (Phi) is 13.5. The van der Waals surface area contributed by atoms with Crippen molar-refractivity contribution in [2.45, 2.75) is 33.6 Å². The van der Waals surface area contributed by atoms with Crippen LogP contribution in [0.15, 0.2) is 11.6 Å². The van der Waals surface area contributed by atoms with Gasteiger partial charge in [-0.1, -0.05) is 27.2 Å². The summed E-state index contributed by atoms with van der Waals surface area (Å²) in [6.45, 7) is 6.36. The molecule has 0 saturated carbocycles. The summed E-state index contributed by atoms with van der Waals surface area (Å²) in [4.78, 5) is 29.5. The number of carboxylic acids is 2. The van der Waals surface area contributed by atoms with E-state index in [4.69, 9.17) is 14.2 Å². The molecule has 26 heavy (non-hydrogen) atoms. The SMILES string of the molecule is CC(C)/C(=C\C(=O)[O-])C(=O)O.CCCCOP(=O)(O)OCC[N+](C)(C)C. The lowest BCUT2D eigenvalue weighted by Crippen LogP contribution is -2.37. The van der Waals surface area contributed by atoms with Crippen molar-refractivity contribution < 1.29 is 42.8 Å². The zero-order chi connectivity index (χ0) is 21.0. The van der Waals surface area contributed by atoms with Gasteiger partial charge in [0.2, 0.25) is 0 Å². The molecule has 0 rings (SSSR count). The van der Waals surface area contributed by atoms with Crippen molar-refractivity contribution >= 4 is 19.8 Å². The number of unbranched alkanes of at least 4 members (excludes halogenated alkanes) is 1. The third-order valence-corrected chi connectivity index (χ3v) is 3.93. The summed E-state index contributed by atoms with van der Waals surface area (Å²) < 4.78 is 21.6. The third-order valence-electron chi connectivity index (χ3n) is 2.91. The first kappa shape index (κ1) is 27.0. The van der Waals surface area contributed by atoms with Gasteiger partial charge in [-0.2, -0.15) is 0 Å². The van der Waals surface area contributed by atoms with Gasteiger partial charge in [-0.25, -0.2) is 9.36 Å². The standard InChI is InChI=1S/C9H22NO4P.C7H10O4/c1-5-6-8-13-15(11,12)14-9-7-10(2,3)4;1-4(2)5(7(10)11)3-6(8)9/h5-9H2,1-4H3;3-4H,1-2H3,(H,8,9)(H,10,11)/b;5-3+. The van der Waals surface area contributed by atoms with E-state index in [1.165, 1.54) is 0 Å². The molecule has 0 amide bonds. The van der Waals surface area contributed by atoms with Gasteiger partial charge in [0.1, 0.15) is 13.2 Å². The maximum atomic E-state index is 11.3. The van der Waals surface area contributed by atoms with E-state index < -0.39 is 19.8 Å². The first-order chi connectivity index (χ1) is 11.7. The van der Waals surface area contributed by atoms with Gasteiger partial charge in [0.25, 0.3) is 0 Å². The Morgan fingerprint density at radius 1 is 1.19 bits per heavy atom. The van der Waals surface area contributed by atoms with Crippen molar-refractivity contribution in [1.82, 2.24) is 0 Å². The maximum Gasteiger partial charge on any atom is 0.472 e. The molecule has 0 aliphatic rings. The van der Waals surface area contributed by atoms with Crippen molar-refractivity contribution in [3.63, 3.8) is 0 Å². The smallest absolute Gasteiger partial charge is 0.472 e. The van der Waals surface area contributed by atoms with E-state index in [0.29, 0.717) is 17.1 Å². The molecular formula is C16H32NO8P. The lowest BCUT2D eigenvalue weighted by atomic mass is 10.0. The Morgan fingerprint density at radius 3 is 2.00 bits per heavy atom. The maximum absolute atomic E-state index is 11.3. The molecule has 0 fully saturated rings. The molecule has 0 aromatic carbocycles. The number of hydrogen-bond donors (Lipinski definition) is 2. The van der Waals surface area contributed by atoms with Gasteiger partial charge in [0, 0.05) is 5.57 Å². The predicted octanol–water partition coefficient (Wildman–Crippen LogP) is 1.03. The molecule has 1 atom stereocenters. The molecule has 0 aromatic rings. The molecule has 154 valence electrons. The third kappa shape index (κ3) is 17.6. The molecule has 0 aliphatic heterocycles. The second kappa shape index (κ2) is 13.0. The van der Waals surface area contributed by atoms with Crippen LogP contribution >= 0.6 is 7.82 Å². The van der Waals surface area contributed by atoms with Crippen molar-refractivity contribution in [3.8, 4) is 0 Å². The molecule has 1 unspecified atom stereocenters. The molecule has 0 aliphatic carbocycles. The quantitative estimate of drug-likeness (QED) is 0.229. The summed E-state index contributed by atoms with van der Waals surface area (Å²) in [7, 11) is 2.15. The van der Waals surface area contributed by atoms with E-state index in [0.717, 1.165) is 12.8 Å². The number of hydrogen-bond acceptors (Lipinski definition) is 6. The number of rotatable bonds is 11. The summed E-state index contributed by atoms with van der Waals surface area (Å²) in [5.74, 6) is -3.01. The lowest BCUT2D eigenvalue weighted by Gasteiger charge is -2.23. The van der Waals surface area contributed by atoms with Crippen LogP contribution in [0.25, 0.3) is 0 Å². The van der Waals surface area contributed by atoms with Crippen LogP contribution in [0.5, 0.6) is 0 Å². The number of likely N-dealkylation sites (N-methyl/N-ethyl adjacent to an activating group) is 1. The Balaban J connectivity index is 0. The number of phosphoric acid groups is 1. The molecular weight excluding hydrogens is 365 g/mol. The topological polar surface area (TPSA) is 133 Å². The highest BCUT2D eigenvalue weighted by atomic mass is 31.2. The molecule has 0 heterocycles. The van der Waals surface area contributed by atoms with Gasteiger partial charge in [0.15, 0.2) is 0 Å². The highest BCUT2D eigenvalue weighted by Gasteiger charge is 2.21. The van der Waals surface area contributed by atoms with Crippen molar-refractivity contribution in [2.75, 3.05) is 40.9 Å². The minimum atomic E-state index is -3.82. The molecule has 2 N–H and O–H groups in total. The van der Waals surface area contributed by atoms with Gasteiger partial charge in [-0.05, 0) is 18.4 Å². The minimum absolute atomic E-state index is 0.148. The molecule has 0 bridgehead atoms. The fourth-order valence-corrected chi connectivity index (χ4v) is 2.14. The van der Waals surface area contributed by atoms with Crippen LogP contribution in [0.1, 0.15) is 33.6 Å². The fourth-order valence-electron chi connectivity index (χ4n) is 1.39. The number of nitrogens with zero attached hydrogens (tertiary/aromatic N) is 1. The fraction of sp³-hybridized carbons (Fsp3) is 0.750. The number of aliphatic carboxylic acids is 2. The Hall–Kier alpha value is -1.25. The van der Waals surface area contributed by atoms with Gasteiger partial charge in [-0.15, -0.1) is 0 Å². The number of quaternary nitrogens is 1. The average Bonchev–Trinajstić information content (AvgIpc) is 2.43. The lowest BCUT2D eigenvalue weighted by molar-refractivity contribution is -0.870. The molecule has 0 radical (unpaired) electrons. The van der Waals surface area contributed by atoms with Gasteiger partial charge < -0.3 is 24.4 Å². The van der Waals surface area contributed by atoms with Crippen LogP contribution < -0.4 is 5.11 Å². The Bertz CT molecular complexity index is 511. The zero-order valence-corrected chi connectivity index (χ0v) is 17.3. The summed E-state index contributed by atoms with van der Waals surface area (Å²) in [6.07, 6.45) is 2.30. The summed E-state index contributed by atoms with van der Waals surface area (Å²) in [6, 6.07) is 0. The van der Waals surface area contributed by atoms with Crippen LogP contribution in [0, 0.1) is 5.92 Å². The molecule has 0 spiro atoms. The van der Waals surface area contributed by atoms with E-state index in [2.05, 4.69) is 0 Å². The molecule has 0 saturated heterocycles. The Morgan fingerprint density at radius 2 is 1.69 bits per heavy atom. The number of carbonyl (C=O) groups excluding carboxylic acids is 1. The molecule has 0 aromatic heterocycles. The summed E-state index contributed by atoms with van der Waals surface area (Å²) in [5.41, 5.74) is -0.148. The van der Waals surface area contributed by atoms with Crippen LogP contribution in [-0.2, 0) is 23.2 Å². The monoisotopic (exact) mass is 397 g/mol. The average molecular weight is 397 g/mol. The first-order valence-electron chi connectivity index (χ1n) is 8.30. The number of carboxylic acid groups (broad SMARTS) is 2. The van der Waals surface area contributed by atoms with Crippen molar-refractivity contribution in [1.29, 1.82) is 0 Å². The number of phosphoric ester groups is 1. The summed E-state index contributed by atoms with van der Waals surface area (Å²) >= 11 is 0. The van der Waals surface area contributed by atoms with E-state index in [-0.39, 0.29) is 24.7 Å². The Labute approximate surface area is 155 Å². The van der Waals surface area contributed by atoms with Gasteiger partial charge >= 0.3 is 13.8 Å². The summed E-state index contributed by atoms with van der Waals surface area (Å²) in [5, 5.41) is 18.4. The van der Waals surface area contributed by atoms with Gasteiger partial charge in [-0.3, -0.25) is 9.05 Å². The van der Waals surface area contributed by atoms with E-state index in [1.807, 2.05) is 28.1 Å².